The molecule has 1 aromatic carbocycles. The van der Waals surface area contributed by atoms with Gasteiger partial charge in [-0.15, -0.1) is 0 Å². The highest BCUT2D eigenvalue weighted by Gasteiger charge is 2.17. The van der Waals surface area contributed by atoms with E-state index in [9.17, 15) is 13.9 Å². The van der Waals surface area contributed by atoms with Gasteiger partial charge < -0.3 is 15.0 Å². The van der Waals surface area contributed by atoms with E-state index in [1.54, 1.807) is 17.7 Å². The fourth-order valence-electron chi connectivity index (χ4n) is 2.32. The van der Waals surface area contributed by atoms with Crippen molar-refractivity contribution in [3.8, 4) is 6.07 Å². The molecule has 0 saturated heterocycles. The number of nitriles is 1. The molecule has 0 aliphatic carbocycles. The van der Waals surface area contributed by atoms with Gasteiger partial charge in [-0.1, -0.05) is 6.07 Å². The third-order valence-electron chi connectivity index (χ3n) is 3.74. The maximum absolute atomic E-state index is 13.6. The Balaban J connectivity index is 2.01. The fraction of sp³-hybridized carbons (Fsp3) is 0.312. The molecule has 2 aromatic rings. The van der Waals surface area contributed by atoms with E-state index in [1.165, 1.54) is 6.07 Å². The lowest BCUT2D eigenvalue weighted by Gasteiger charge is -2.14. The first-order valence-corrected chi connectivity index (χ1v) is 6.83. The van der Waals surface area contributed by atoms with E-state index >= 15 is 0 Å². The van der Waals surface area contributed by atoms with Crippen LogP contribution in [0.4, 0.5) is 8.78 Å². The Hall–Kier alpha value is -2.23. The van der Waals surface area contributed by atoms with Gasteiger partial charge in [0.05, 0.1) is 11.7 Å². The van der Waals surface area contributed by atoms with Crippen LogP contribution in [-0.2, 0) is 13.6 Å². The monoisotopic (exact) mass is 305 g/mol. The molecule has 1 unspecified atom stereocenters. The number of benzene rings is 1. The van der Waals surface area contributed by atoms with E-state index in [-0.39, 0.29) is 12.1 Å². The third-order valence-corrected chi connectivity index (χ3v) is 3.74. The quantitative estimate of drug-likeness (QED) is 0.891. The normalized spacial score (nSPS) is 12.2. The van der Waals surface area contributed by atoms with Gasteiger partial charge in [-0.25, -0.2) is 8.78 Å². The van der Waals surface area contributed by atoms with E-state index < -0.39 is 17.7 Å². The highest BCUT2D eigenvalue weighted by molar-refractivity contribution is 5.34. The molecule has 0 fully saturated rings. The molecule has 1 aromatic heterocycles. The summed E-state index contributed by atoms with van der Waals surface area (Å²) >= 11 is 0. The van der Waals surface area contributed by atoms with Crippen molar-refractivity contribution in [2.45, 2.75) is 19.6 Å². The van der Waals surface area contributed by atoms with Crippen molar-refractivity contribution in [2.24, 2.45) is 7.05 Å². The summed E-state index contributed by atoms with van der Waals surface area (Å²) in [6, 6.07) is 7.31. The van der Waals surface area contributed by atoms with Gasteiger partial charge in [0.25, 0.3) is 0 Å². The van der Waals surface area contributed by atoms with Crippen molar-refractivity contribution in [1.82, 2.24) is 9.88 Å². The molecule has 22 heavy (non-hydrogen) atoms. The third kappa shape index (κ3) is 3.16. The molecular weight excluding hydrogens is 288 g/mol. The first-order valence-electron chi connectivity index (χ1n) is 6.83. The molecule has 0 spiro atoms. The maximum Gasteiger partial charge on any atom is 0.131 e. The predicted octanol–water partition coefficient (Wildman–Crippen LogP) is 2.31. The molecule has 116 valence electrons. The molecule has 0 radical (unpaired) electrons. The average molecular weight is 305 g/mol. The van der Waals surface area contributed by atoms with Crippen molar-refractivity contribution in [2.75, 3.05) is 6.54 Å². The van der Waals surface area contributed by atoms with Crippen LogP contribution < -0.4 is 5.32 Å². The van der Waals surface area contributed by atoms with Gasteiger partial charge in [-0.2, -0.15) is 5.26 Å². The molecule has 0 aliphatic rings. The molecule has 0 saturated carbocycles. The van der Waals surface area contributed by atoms with E-state index in [4.69, 9.17) is 5.26 Å². The minimum atomic E-state index is -1.28. The zero-order valence-electron chi connectivity index (χ0n) is 12.4. The van der Waals surface area contributed by atoms with Crippen LogP contribution in [0.15, 0.2) is 24.3 Å². The Kier molecular flexibility index (Phi) is 4.91. The smallest absolute Gasteiger partial charge is 0.131 e. The number of aliphatic hydroxyl groups excluding tert-OH is 1. The fourth-order valence-corrected chi connectivity index (χ4v) is 2.32. The van der Waals surface area contributed by atoms with Gasteiger partial charge in [0.2, 0.25) is 0 Å². The van der Waals surface area contributed by atoms with Crippen LogP contribution in [0.2, 0.25) is 0 Å². The van der Waals surface area contributed by atoms with Crippen molar-refractivity contribution in [3.05, 3.63) is 58.4 Å². The standard InChI is InChI=1S/C16H17F2N3O/c1-10-11(6-12(7-19)21(10)2)8-20-9-15(22)16-13(17)4-3-5-14(16)18/h3-6,15,20,22H,8-9H2,1-2H3. The van der Waals surface area contributed by atoms with Crippen LogP contribution in [0, 0.1) is 29.9 Å². The van der Waals surface area contributed by atoms with Crippen molar-refractivity contribution in [1.29, 1.82) is 5.26 Å². The minimum absolute atomic E-state index is 0.00801. The van der Waals surface area contributed by atoms with Crippen LogP contribution in [0.3, 0.4) is 0 Å². The zero-order chi connectivity index (χ0) is 16.3. The Morgan fingerprint density at radius 2 is 2.00 bits per heavy atom. The van der Waals surface area contributed by atoms with Gasteiger partial charge in [-0.05, 0) is 30.7 Å². The Morgan fingerprint density at radius 1 is 1.36 bits per heavy atom. The van der Waals surface area contributed by atoms with Crippen LogP contribution in [-0.4, -0.2) is 16.2 Å². The van der Waals surface area contributed by atoms with Crippen molar-refractivity contribution >= 4 is 0 Å². The molecular formula is C16H17F2N3O. The number of nitrogens with one attached hydrogen (secondary N) is 1. The number of hydrogen-bond donors (Lipinski definition) is 2. The molecule has 4 nitrogen and oxygen atoms in total. The topological polar surface area (TPSA) is 61.0 Å². The average Bonchev–Trinajstić information content (AvgIpc) is 2.75. The van der Waals surface area contributed by atoms with Gasteiger partial charge in [0, 0.05) is 25.8 Å². The molecule has 0 aliphatic heterocycles. The van der Waals surface area contributed by atoms with E-state index in [1.807, 2.05) is 6.92 Å². The van der Waals surface area contributed by atoms with Crippen LogP contribution in [0.1, 0.15) is 28.6 Å². The Labute approximate surface area is 127 Å². The molecule has 0 bridgehead atoms. The maximum atomic E-state index is 13.6. The summed E-state index contributed by atoms with van der Waals surface area (Å²) in [5.74, 6) is -1.53. The minimum Gasteiger partial charge on any atom is -0.387 e. The summed E-state index contributed by atoms with van der Waals surface area (Å²) in [5.41, 5.74) is 2.03. The summed E-state index contributed by atoms with van der Waals surface area (Å²) in [6.45, 7) is 2.29. The lowest BCUT2D eigenvalue weighted by molar-refractivity contribution is 0.164. The highest BCUT2D eigenvalue weighted by atomic mass is 19.1. The predicted molar refractivity (Wildman–Crippen MR) is 77.9 cm³/mol. The van der Waals surface area contributed by atoms with Gasteiger partial charge in [0.1, 0.15) is 23.4 Å². The summed E-state index contributed by atoms with van der Waals surface area (Å²) in [5, 5.41) is 21.9. The van der Waals surface area contributed by atoms with Crippen molar-refractivity contribution < 1.29 is 13.9 Å². The van der Waals surface area contributed by atoms with E-state index in [2.05, 4.69) is 11.4 Å². The molecule has 2 N–H and O–H groups in total. The molecule has 1 heterocycles. The first kappa shape index (κ1) is 16.1. The lowest BCUT2D eigenvalue weighted by Crippen LogP contribution is -2.22. The van der Waals surface area contributed by atoms with Crippen molar-refractivity contribution in [3.63, 3.8) is 0 Å². The van der Waals surface area contributed by atoms with Crippen LogP contribution in [0.5, 0.6) is 0 Å². The number of hydrogen-bond acceptors (Lipinski definition) is 3. The number of aromatic nitrogens is 1. The molecule has 0 amide bonds. The largest absolute Gasteiger partial charge is 0.387 e. The van der Waals surface area contributed by atoms with Gasteiger partial charge >= 0.3 is 0 Å². The summed E-state index contributed by atoms with van der Waals surface area (Å²) in [7, 11) is 1.79. The number of nitrogens with zero attached hydrogens (tertiary/aromatic N) is 2. The SMILES string of the molecule is Cc1c(CNCC(O)c2c(F)cccc2F)cc(C#N)n1C. The molecule has 6 heteroatoms. The molecule has 2 rings (SSSR count). The second-order valence-corrected chi connectivity index (χ2v) is 5.09. The number of rotatable bonds is 5. The van der Waals surface area contributed by atoms with Crippen LogP contribution >= 0.6 is 0 Å². The second-order valence-electron chi connectivity index (χ2n) is 5.09. The van der Waals surface area contributed by atoms with Crippen LogP contribution in [0.25, 0.3) is 0 Å². The van der Waals surface area contributed by atoms with E-state index in [0.29, 0.717) is 12.2 Å². The molecule has 1 atom stereocenters. The highest BCUT2D eigenvalue weighted by Crippen LogP contribution is 2.20. The van der Waals surface area contributed by atoms with Gasteiger partial charge in [-0.3, -0.25) is 0 Å². The zero-order valence-corrected chi connectivity index (χ0v) is 12.4. The lowest BCUT2D eigenvalue weighted by atomic mass is 10.1. The number of aliphatic hydroxyl groups is 1. The summed E-state index contributed by atoms with van der Waals surface area (Å²) in [6.07, 6.45) is -1.28. The van der Waals surface area contributed by atoms with E-state index in [0.717, 1.165) is 23.4 Å². The van der Waals surface area contributed by atoms with Gasteiger partial charge in [0.15, 0.2) is 0 Å². The second kappa shape index (κ2) is 6.69. The first-order chi connectivity index (χ1) is 10.5. The summed E-state index contributed by atoms with van der Waals surface area (Å²) in [4.78, 5) is 0. The Morgan fingerprint density at radius 3 is 2.55 bits per heavy atom. The summed E-state index contributed by atoms with van der Waals surface area (Å²) < 4.78 is 28.9. The number of halogens is 2. The Bertz CT molecular complexity index is 699.